The molecule has 1 aliphatic heterocycles. The van der Waals surface area contributed by atoms with Gasteiger partial charge < -0.3 is 20.7 Å². The molecular weight excluding hydrogens is 272 g/mol. The molecule has 108 valence electrons. The molecule has 2 aromatic rings. The highest BCUT2D eigenvalue weighted by Crippen LogP contribution is 2.32. The maximum absolute atomic E-state index is 13.7. The second-order valence-corrected chi connectivity index (χ2v) is 4.46. The van der Waals surface area contributed by atoms with E-state index in [0.717, 1.165) is 0 Å². The van der Waals surface area contributed by atoms with Crippen LogP contribution in [-0.4, -0.2) is 54.7 Å². The second-order valence-electron chi connectivity index (χ2n) is 4.46. The number of H-pyrrole nitrogens is 1. The number of alkyl halides is 1. The summed E-state index contributed by atoms with van der Waals surface area (Å²) in [5.41, 5.74) is 4.96. The van der Waals surface area contributed by atoms with Crippen molar-refractivity contribution in [3.05, 3.63) is 16.7 Å². The van der Waals surface area contributed by atoms with Gasteiger partial charge in [0.25, 0.3) is 5.56 Å². The molecule has 3 rings (SSSR count). The van der Waals surface area contributed by atoms with Crippen LogP contribution in [0.1, 0.15) is 6.23 Å². The fourth-order valence-electron chi connectivity index (χ4n) is 2.21. The number of imidazole rings is 1. The van der Waals surface area contributed by atoms with Crippen LogP contribution in [0, 0.1) is 0 Å². The third kappa shape index (κ3) is 1.77. The molecule has 10 heteroatoms. The summed E-state index contributed by atoms with van der Waals surface area (Å²) >= 11 is 0. The van der Waals surface area contributed by atoms with E-state index in [2.05, 4.69) is 15.0 Å². The molecule has 2 aromatic heterocycles. The van der Waals surface area contributed by atoms with Crippen LogP contribution in [-0.2, 0) is 4.74 Å². The van der Waals surface area contributed by atoms with Crippen LogP contribution in [0.3, 0.4) is 0 Å². The van der Waals surface area contributed by atoms with Crippen LogP contribution < -0.4 is 11.3 Å². The minimum absolute atomic E-state index is 0.00198. The third-order valence-corrected chi connectivity index (χ3v) is 3.19. The maximum atomic E-state index is 13.7. The number of aliphatic hydroxyl groups is 2. The van der Waals surface area contributed by atoms with Crippen LogP contribution in [0.15, 0.2) is 11.1 Å². The summed E-state index contributed by atoms with van der Waals surface area (Å²) in [5, 5.41) is 18.8. The van der Waals surface area contributed by atoms with Crippen molar-refractivity contribution in [1.82, 2.24) is 19.5 Å². The average molecular weight is 284 g/mol. The maximum Gasteiger partial charge on any atom is 0.280 e. The standard InChI is InChI=1S/C10H12FN5O4/c11-4-3(1-17)20-9(6(4)18)16-2-13-5-7(16)14-10(12)15-8(5)19/h2-4,6,9,17-18H,1H2,(H3,12,14,15,19)/t3-,4+,6-,9-/m1/s1/i11-1. The minimum atomic E-state index is -1.75. The molecule has 20 heavy (non-hydrogen) atoms. The Morgan fingerprint density at radius 1 is 1.60 bits per heavy atom. The SMILES string of the molecule is Nc1nc2c(ncn2[C@@H]2O[C@H](CO)[C@H]([18F])[C@H]2O)c(=O)[nH]1. The quantitative estimate of drug-likeness (QED) is 0.515. The van der Waals surface area contributed by atoms with Gasteiger partial charge in [-0.25, -0.2) is 9.37 Å². The summed E-state index contributed by atoms with van der Waals surface area (Å²) < 4.78 is 20.1. The number of aromatic amines is 1. The highest BCUT2D eigenvalue weighted by atomic mass is 18.2. The Hall–Kier alpha value is -2.04. The van der Waals surface area contributed by atoms with Gasteiger partial charge in [-0.05, 0) is 0 Å². The van der Waals surface area contributed by atoms with Gasteiger partial charge in [-0.15, -0.1) is 0 Å². The zero-order valence-electron chi connectivity index (χ0n) is 10.1. The van der Waals surface area contributed by atoms with E-state index in [1.54, 1.807) is 0 Å². The monoisotopic (exact) mass is 284 g/mol. The van der Waals surface area contributed by atoms with Crippen molar-refractivity contribution < 1.29 is 19.3 Å². The van der Waals surface area contributed by atoms with Crippen LogP contribution in [0.4, 0.5) is 10.3 Å². The van der Waals surface area contributed by atoms with E-state index in [1.165, 1.54) is 10.9 Å². The number of nitrogens with zero attached hydrogens (tertiary/aromatic N) is 3. The number of aliphatic hydroxyl groups excluding tert-OH is 2. The highest BCUT2D eigenvalue weighted by Gasteiger charge is 2.45. The van der Waals surface area contributed by atoms with Crippen molar-refractivity contribution in [2.45, 2.75) is 24.6 Å². The van der Waals surface area contributed by atoms with Crippen molar-refractivity contribution in [1.29, 1.82) is 0 Å². The number of anilines is 1. The summed E-state index contributed by atoms with van der Waals surface area (Å²) in [6.07, 6.45) is -4.34. The Morgan fingerprint density at radius 3 is 3.00 bits per heavy atom. The topological polar surface area (TPSA) is 139 Å². The van der Waals surface area contributed by atoms with Gasteiger partial charge in [0, 0.05) is 0 Å². The number of fused-ring (bicyclic) bond motifs is 1. The van der Waals surface area contributed by atoms with E-state index >= 15 is 0 Å². The molecule has 0 unspecified atom stereocenters. The van der Waals surface area contributed by atoms with Gasteiger partial charge in [-0.1, -0.05) is 0 Å². The molecule has 0 aromatic carbocycles. The Labute approximate surface area is 110 Å². The van der Waals surface area contributed by atoms with Gasteiger partial charge in [0.15, 0.2) is 23.6 Å². The molecule has 9 nitrogen and oxygen atoms in total. The molecule has 4 atom stereocenters. The molecular formula is C10H12FN5O4. The van der Waals surface area contributed by atoms with Crippen LogP contribution in [0.5, 0.6) is 0 Å². The molecule has 1 saturated heterocycles. The zero-order chi connectivity index (χ0) is 14.4. The lowest BCUT2D eigenvalue weighted by atomic mass is 10.1. The van der Waals surface area contributed by atoms with Gasteiger partial charge in [-0.3, -0.25) is 14.3 Å². The van der Waals surface area contributed by atoms with E-state index in [9.17, 15) is 14.3 Å². The van der Waals surface area contributed by atoms with Gasteiger partial charge in [0.2, 0.25) is 5.95 Å². The van der Waals surface area contributed by atoms with E-state index in [-0.39, 0.29) is 17.1 Å². The summed E-state index contributed by atoms with van der Waals surface area (Å²) in [6, 6.07) is 0. The Morgan fingerprint density at radius 2 is 2.35 bits per heavy atom. The average Bonchev–Trinajstić information content (AvgIpc) is 2.93. The van der Waals surface area contributed by atoms with E-state index < -0.39 is 36.8 Å². The van der Waals surface area contributed by atoms with E-state index in [1.807, 2.05) is 0 Å². The van der Waals surface area contributed by atoms with Gasteiger partial charge >= 0.3 is 0 Å². The molecule has 1 fully saturated rings. The first-order valence-corrected chi connectivity index (χ1v) is 5.83. The number of halogens is 1. The highest BCUT2D eigenvalue weighted by molar-refractivity contribution is 5.70. The lowest BCUT2D eigenvalue weighted by Crippen LogP contribution is -2.29. The smallest absolute Gasteiger partial charge is 0.280 e. The van der Waals surface area contributed by atoms with Crippen molar-refractivity contribution in [2.75, 3.05) is 12.3 Å². The molecule has 5 N–H and O–H groups in total. The number of rotatable bonds is 2. The normalized spacial score (nSPS) is 30.1. The predicted molar refractivity (Wildman–Crippen MR) is 64.5 cm³/mol. The first-order chi connectivity index (χ1) is 9.52. The number of aromatic nitrogens is 4. The molecule has 0 spiro atoms. The third-order valence-electron chi connectivity index (χ3n) is 3.19. The molecule has 3 heterocycles. The Bertz CT molecular complexity index is 701. The number of hydrogen-bond acceptors (Lipinski definition) is 7. The number of nitrogen functional groups attached to an aromatic ring is 1. The van der Waals surface area contributed by atoms with Crippen molar-refractivity contribution >= 4 is 17.1 Å². The largest absolute Gasteiger partial charge is 0.394 e. The zero-order valence-corrected chi connectivity index (χ0v) is 10.1. The van der Waals surface area contributed by atoms with E-state index in [4.69, 9.17) is 15.6 Å². The van der Waals surface area contributed by atoms with Crippen molar-refractivity contribution in [3.63, 3.8) is 0 Å². The molecule has 0 radical (unpaired) electrons. The second kappa shape index (κ2) is 4.51. The number of ether oxygens (including phenoxy) is 1. The van der Waals surface area contributed by atoms with E-state index in [0.29, 0.717) is 0 Å². The number of nitrogens with two attached hydrogens (primary N) is 1. The van der Waals surface area contributed by atoms with Crippen LogP contribution in [0.25, 0.3) is 11.2 Å². The molecule has 1 aliphatic rings. The lowest BCUT2D eigenvalue weighted by molar-refractivity contribution is -0.0495. The van der Waals surface area contributed by atoms with Gasteiger partial charge in [0.1, 0.15) is 12.2 Å². The predicted octanol–water partition coefficient (Wildman–Crippen LogP) is -1.71. The molecule has 0 saturated carbocycles. The Balaban J connectivity index is 2.09. The van der Waals surface area contributed by atoms with Gasteiger partial charge in [-0.2, -0.15) is 4.98 Å². The van der Waals surface area contributed by atoms with Crippen molar-refractivity contribution in [3.8, 4) is 0 Å². The fourth-order valence-corrected chi connectivity index (χ4v) is 2.21. The van der Waals surface area contributed by atoms with Crippen molar-refractivity contribution in [2.24, 2.45) is 0 Å². The van der Waals surface area contributed by atoms with Crippen LogP contribution in [0.2, 0.25) is 0 Å². The van der Waals surface area contributed by atoms with Crippen LogP contribution >= 0.6 is 0 Å². The first-order valence-electron chi connectivity index (χ1n) is 5.83. The molecule has 0 aliphatic carbocycles. The first kappa shape index (κ1) is 13.0. The summed E-state index contributed by atoms with van der Waals surface area (Å²) in [7, 11) is 0. The molecule has 0 bridgehead atoms. The summed E-state index contributed by atoms with van der Waals surface area (Å²) in [6.45, 7) is -0.572. The fraction of sp³-hybridized carbons (Fsp3) is 0.500. The minimum Gasteiger partial charge on any atom is -0.394 e. The van der Waals surface area contributed by atoms with Gasteiger partial charge in [0.05, 0.1) is 12.9 Å². The Kier molecular flexibility index (Phi) is 2.92. The summed E-state index contributed by atoms with van der Waals surface area (Å²) in [5.74, 6) is -0.132. The molecule has 0 amide bonds. The number of hydrogen-bond donors (Lipinski definition) is 4. The lowest BCUT2D eigenvalue weighted by Gasteiger charge is -2.15. The summed E-state index contributed by atoms with van der Waals surface area (Å²) in [4.78, 5) is 21.6. The number of nitrogens with one attached hydrogen (secondary N) is 1.